The average molecular weight is 491 g/mol. The number of nitrogens with one attached hydrogen (secondary N) is 1. The van der Waals surface area contributed by atoms with Crippen LogP contribution < -0.4 is 5.32 Å². The van der Waals surface area contributed by atoms with Crippen molar-refractivity contribution in [3.8, 4) is 0 Å². The van der Waals surface area contributed by atoms with Crippen LogP contribution in [0.1, 0.15) is 22.4 Å². The Morgan fingerprint density at radius 2 is 1.86 bits per heavy atom. The molecule has 178 valence electrons. The maximum atomic E-state index is 12.9. The number of aromatic nitrogens is 1. The van der Waals surface area contributed by atoms with Gasteiger partial charge in [-0.3, -0.25) is 29.4 Å². The van der Waals surface area contributed by atoms with Crippen molar-refractivity contribution in [2.75, 3.05) is 11.9 Å². The second-order valence-electron chi connectivity index (χ2n) is 8.01. The number of benzene rings is 2. The lowest BCUT2D eigenvalue weighted by molar-refractivity contribution is -0.385. The van der Waals surface area contributed by atoms with Gasteiger partial charge in [0, 0.05) is 29.2 Å². The first kappa shape index (κ1) is 24.0. The number of carbonyl (C=O) groups excluding carboxylic acids is 3. The first-order valence-corrected chi connectivity index (χ1v) is 11.5. The third kappa shape index (κ3) is 5.17. The smallest absolute Gasteiger partial charge is 0.294 e. The molecule has 0 unspecified atom stereocenters. The van der Waals surface area contributed by atoms with Gasteiger partial charge in [-0.2, -0.15) is 0 Å². The molecule has 9 nitrogen and oxygen atoms in total. The van der Waals surface area contributed by atoms with E-state index in [9.17, 15) is 24.5 Å². The number of nitrogens with zero attached hydrogens (tertiary/aromatic N) is 3. The Hall–Kier alpha value is -4.18. The number of nitro benzene ring substituents is 1. The molecule has 0 saturated carbocycles. The number of imide groups is 1. The van der Waals surface area contributed by atoms with Gasteiger partial charge in [-0.15, -0.1) is 0 Å². The van der Waals surface area contributed by atoms with Gasteiger partial charge < -0.3 is 9.88 Å². The monoisotopic (exact) mass is 490 g/mol. The number of anilines is 1. The van der Waals surface area contributed by atoms with Gasteiger partial charge in [0.05, 0.1) is 16.4 Å². The molecule has 1 N–H and O–H groups in total. The summed E-state index contributed by atoms with van der Waals surface area (Å²) in [6.45, 7) is 3.63. The summed E-state index contributed by atoms with van der Waals surface area (Å²) >= 11 is 0.754. The third-order valence-corrected chi connectivity index (χ3v) is 6.63. The molecule has 0 bridgehead atoms. The van der Waals surface area contributed by atoms with Gasteiger partial charge in [0.25, 0.3) is 16.8 Å². The Kier molecular flexibility index (Phi) is 6.83. The molecular weight excluding hydrogens is 468 g/mol. The Balaban J connectivity index is 1.49. The molecule has 2 heterocycles. The first-order valence-electron chi connectivity index (χ1n) is 10.7. The van der Waals surface area contributed by atoms with Crippen LogP contribution in [0.5, 0.6) is 0 Å². The fourth-order valence-corrected chi connectivity index (χ4v) is 4.52. The summed E-state index contributed by atoms with van der Waals surface area (Å²) in [7, 11) is 0. The lowest BCUT2D eigenvalue weighted by Crippen LogP contribution is -2.36. The summed E-state index contributed by atoms with van der Waals surface area (Å²) in [4.78, 5) is 49.9. The summed E-state index contributed by atoms with van der Waals surface area (Å²) in [5.41, 5.74) is 3.68. The van der Waals surface area contributed by atoms with Crippen LogP contribution in [0.25, 0.3) is 6.08 Å². The van der Waals surface area contributed by atoms with E-state index in [4.69, 9.17) is 0 Å². The third-order valence-electron chi connectivity index (χ3n) is 5.73. The minimum Gasteiger partial charge on any atom is -0.343 e. The van der Waals surface area contributed by atoms with Gasteiger partial charge in [-0.25, -0.2) is 0 Å². The maximum absolute atomic E-state index is 12.9. The number of nitro groups is 1. The average Bonchev–Trinajstić information content (AvgIpc) is 3.36. The molecule has 1 fully saturated rings. The normalized spacial score (nSPS) is 14.6. The zero-order valence-corrected chi connectivity index (χ0v) is 19.9. The van der Waals surface area contributed by atoms with E-state index >= 15 is 0 Å². The van der Waals surface area contributed by atoms with Gasteiger partial charge in [-0.05, 0) is 61.0 Å². The zero-order valence-electron chi connectivity index (χ0n) is 19.1. The van der Waals surface area contributed by atoms with Crippen LogP contribution in [-0.2, 0) is 16.1 Å². The number of thioether (sulfide) groups is 1. The molecule has 3 aromatic rings. The van der Waals surface area contributed by atoms with Crippen molar-refractivity contribution in [3.05, 3.63) is 98.2 Å². The fourth-order valence-electron chi connectivity index (χ4n) is 3.70. The largest absolute Gasteiger partial charge is 0.343 e. The number of rotatable bonds is 7. The second-order valence-corrected chi connectivity index (χ2v) is 9.00. The number of hydrogen-bond acceptors (Lipinski definition) is 6. The minimum absolute atomic E-state index is 0.00216. The Morgan fingerprint density at radius 1 is 1.09 bits per heavy atom. The number of para-hydroxylation sites is 1. The number of hydrogen-bond donors (Lipinski definition) is 1. The maximum Gasteiger partial charge on any atom is 0.294 e. The summed E-state index contributed by atoms with van der Waals surface area (Å²) in [6, 6.07) is 15.4. The van der Waals surface area contributed by atoms with Crippen LogP contribution >= 0.6 is 11.8 Å². The molecule has 0 atom stereocenters. The van der Waals surface area contributed by atoms with Gasteiger partial charge in [0.2, 0.25) is 5.91 Å². The zero-order chi connectivity index (χ0) is 25.1. The summed E-state index contributed by atoms with van der Waals surface area (Å²) in [5.74, 6) is -1.03. The van der Waals surface area contributed by atoms with Crippen LogP contribution in [0.4, 0.5) is 16.2 Å². The topological polar surface area (TPSA) is 115 Å². The number of amides is 3. The summed E-state index contributed by atoms with van der Waals surface area (Å²) in [6.07, 6.45) is 3.30. The highest BCUT2D eigenvalue weighted by Crippen LogP contribution is 2.32. The molecule has 1 saturated heterocycles. The van der Waals surface area contributed by atoms with Crippen LogP contribution in [0.2, 0.25) is 0 Å². The van der Waals surface area contributed by atoms with Crippen molar-refractivity contribution in [2.45, 2.75) is 20.4 Å². The van der Waals surface area contributed by atoms with E-state index in [-0.39, 0.29) is 17.1 Å². The molecule has 4 rings (SSSR count). The van der Waals surface area contributed by atoms with Crippen molar-refractivity contribution in [3.63, 3.8) is 0 Å². The van der Waals surface area contributed by atoms with E-state index in [1.807, 2.05) is 26.0 Å². The second kappa shape index (κ2) is 9.98. The van der Waals surface area contributed by atoms with Gasteiger partial charge in [-0.1, -0.05) is 30.3 Å². The lowest BCUT2D eigenvalue weighted by Gasteiger charge is -2.14. The van der Waals surface area contributed by atoms with E-state index in [0.717, 1.165) is 27.8 Å². The number of aryl methyl sites for hydroxylation is 1. The fraction of sp³-hybridized carbons (Fsp3) is 0.160. The molecular formula is C25H22N4O5S. The van der Waals surface area contributed by atoms with Crippen LogP contribution in [0.3, 0.4) is 0 Å². The molecule has 0 aliphatic carbocycles. The molecule has 10 heteroatoms. The van der Waals surface area contributed by atoms with Crippen molar-refractivity contribution < 1.29 is 19.3 Å². The summed E-state index contributed by atoms with van der Waals surface area (Å²) < 4.78 is 1.75. The predicted molar refractivity (Wildman–Crippen MR) is 134 cm³/mol. The van der Waals surface area contributed by atoms with Gasteiger partial charge in [0.15, 0.2) is 0 Å². The van der Waals surface area contributed by atoms with Gasteiger partial charge >= 0.3 is 0 Å². The molecule has 1 aliphatic heterocycles. The molecule has 1 aliphatic rings. The molecule has 0 spiro atoms. The minimum atomic E-state index is -0.561. The van der Waals surface area contributed by atoms with Crippen molar-refractivity contribution in [2.24, 2.45) is 0 Å². The van der Waals surface area contributed by atoms with E-state index in [2.05, 4.69) is 5.32 Å². The molecule has 3 amide bonds. The van der Waals surface area contributed by atoms with Crippen LogP contribution in [-0.4, -0.2) is 38.0 Å². The van der Waals surface area contributed by atoms with Gasteiger partial charge in [0.1, 0.15) is 6.54 Å². The van der Waals surface area contributed by atoms with Crippen LogP contribution in [0, 0.1) is 24.0 Å². The molecule has 0 radical (unpaired) electrons. The Bertz CT molecular complexity index is 1380. The van der Waals surface area contributed by atoms with Crippen molar-refractivity contribution in [1.29, 1.82) is 0 Å². The standard InChI is InChI=1S/C25H22N4O5S/c1-16-7-5-10-20(17(16)2)26-23(30)15-28-24(31)22(35-25(28)32)13-19-9-6-12-27(19)14-18-8-3-4-11-21(18)29(33)34/h3-13H,14-15H2,1-2H3,(H,26,30)/b22-13+. The first-order chi connectivity index (χ1) is 16.7. The van der Waals surface area contributed by atoms with Crippen molar-refractivity contribution in [1.82, 2.24) is 9.47 Å². The quantitative estimate of drug-likeness (QED) is 0.291. The Morgan fingerprint density at radius 3 is 2.63 bits per heavy atom. The van der Waals surface area contributed by atoms with E-state index < -0.39 is 28.5 Å². The van der Waals surface area contributed by atoms with Crippen LogP contribution in [0.15, 0.2) is 65.7 Å². The molecule has 2 aromatic carbocycles. The lowest BCUT2D eigenvalue weighted by atomic mass is 10.1. The highest BCUT2D eigenvalue weighted by atomic mass is 32.2. The highest BCUT2D eigenvalue weighted by molar-refractivity contribution is 8.18. The predicted octanol–water partition coefficient (Wildman–Crippen LogP) is 4.74. The molecule has 35 heavy (non-hydrogen) atoms. The SMILES string of the molecule is Cc1cccc(NC(=O)CN2C(=O)S/C(=C/c3cccn3Cc3ccccc3[N+](=O)[O-])C2=O)c1C. The van der Waals surface area contributed by atoms with E-state index in [0.29, 0.717) is 16.9 Å². The van der Waals surface area contributed by atoms with E-state index in [1.165, 1.54) is 6.07 Å². The molecule has 1 aromatic heterocycles. The summed E-state index contributed by atoms with van der Waals surface area (Å²) in [5, 5.41) is 13.6. The highest BCUT2D eigenvalue weighted by Gasteiger charge is 2.36. The van der Waals surface area contributed by atoms with E-state index in [1.54, 1.807) is 53.2 Å². The Labute approximate surface area is 205 Å². The van der Waals surface area contributed by atoms with Crippen molar-refractivity contribution >= 4 is 46.3 Å². The number of carbonyl (C=O) groups is 3.